The molecule has 0 spiro atoms. The number of nitrogens with zero attached hydrogens (tertiary/aromatic N) is 4. The molecule has 0 N–H and O–H groups in total. The van der Waals surface area contributed by atoms with Crippen LogP contribution in [-0.4, -0.2) is 18.7 Å². The van der Waals surface area contributed by atoms with Crippen LogP contribution >= 0.6 is 0 Å². The molecule has 2 aromatic heterocycles. The highest BCUT2D eigenvalue weighted by Crippen LogP contribution is 2.29. The van der Waals surface area contributed by atoms with E-state index in [2.05, 4.69) is 25.4 Å². The van der Waals surface area contributed by atoms with Crippen molar-refractivity contribution in [2.75, 3.05) is 0 Å². The minimum Gasteiger partial charge on any atom is -0.320 e. The predicted octanol–water partition coefficient (Wildman–Crippen LogP) is 4.73. The Labute approximate surface area is 193 Å². The molecule has 176 valence electrons. The Morgan fingerprint density at radius 3 is 2.24 bits per heavy atom. The van der Waals surface area contributed by atoms with Crippen LogP contribution in [0.2, 0.25) is 0 Å². The van der Waals surface area contributed by atoms with E-state index in [9.17, 15) is 22.8 Å². The van der Waals surface area contributed by atoms with Crippen molar-refractivity contribution in [2.45, 2.75) is 39.0 Å². The zero-order chi connectivity index (χ0) is 24.6. The molecular weight excluding hydrogens is 445 g/mol. The topological polar surface area (TPSA) is 61.8 Å². The van der Waals surface area contributed by atoms with E-state index in [0.29, 0.717) is 17.2 Å². The van der Waals surface area contributed by atoms with Gasteiger partial charge in [0, 0.05) is 13.1 Å². The summed E-state index contributed by atoms with van der Waals surface area (Å²) in [5.41, 5.74) is 0.722. The lowest BCUT2D eigenvalue weighted by atomic mass is 10.0. The first-order valence-electron chi connectivity index (χ1n) is 10.7. The minimum atomic E-state index is -4.43. The third kappa shape index (κ3) is 4.21. The average molecular weight is 468 g/mol. The summed E-state index contributed by atoms with van der Waals surface area (Å²) in [6, 6.07) is 12.1. The van der Waals surface area contributed by atoms with Gasteiger partial charge in [-0.25, -0.2) is 14.3 Å². The first-order chi connectivity index (χ1) is 16.1. The van der Waals surface area contributed by atoms with Crippen molar-refractivity contribution in [3.05, 3.63) is 105 Å². The van der Waals surface area contributed by atoms with E-state index in [1.165, 1.54) is 33.7 Å². The first kappa shape index (κ1) is 23.3. The molecule has 2 aromatic carbocycles. The Hall–Kier alpha value is -3.88. The number of fused-ring (bicyclic) bond motifs is 1. The summed E-state index contributed by atoms with van der Waals surface area (Å²) in [4.78, 5) is 30.8. The Bertz CT molecular complexity index is 1460. The summed E-state index contributed by atoms with van der Waals surface area (Å²) >= 11 is 0. The molecule has 0 bridgehead atoms. The van der Waals surface area contributed by atoms with Gasteiger partial charge in [0.05, 0.1) is 17.6 Å². The van der Waals surface area contributed by atoms with Crippen molar-refractivity contribution in [2.24, 2.45) is 0 Å². The normalized spacial score (nSPS) is 11.9. The first-order valence-corrected chi connectivity index (χ1v) is 10.7. The molecule has 4 aromatic rings. The molecule has 6 nitrogen and oxygen atoms in total. The van der Waals surface area contributed by atoms with E-state index in [1.807, 2.05) is 12.1 Å². The summed E-state index contributed by atoms with van der Waals surface area (Å²) in [5, 5.41) is 0. The van der Waals surface area contributed by atoms with Crippen molar-refractivity contribution in [3.63, 3.8) is 0 Å². The molecule has 0 amide bonds. The largest absolute Gasteiger partial charge is 0.416 e. The molecule has 2 heterocycles. The van der Waals surface area contributed by atoms with Gasteiger partial charge in [0.15, 0.2) is 11.2 Å². The highest BCUT2D eigenvalue weighted by atomic mass is 19.4. The maximum absolute atomic E-state index is 13.2. The van der Waals surface area contributed by atoms with Gasteiger partial charge in [0.1, 0.15) is 0 Å². The second-order valence-electron chi connectivity index (χ2n) is 8.31. The molecule has 9 heteroatoms. The van der Waals surface area contributed by atoms with Gasteiger partial charge in [0.2, 0.25) is 0 Å². The van der Waals surface area contributed by atoms with Crippen LogP contribution in [0.1, 0.15) is 36.5 Å². The molecule has 0 fully saturated rings. The lowest BCUT2D eigenvalue weighted by Gasteiger charge is -2.13. The van der Waals surface area contributed by atoms with Gasteiger partial charge in [-0.1, -0.05) is 44.2 Å². The summed E-state index contributed by atoms with van der Waals surface area (Å²) in [6.07, 6.45) is -1.56. The smallest absolute Gasteiger partial charge is 0.320 e. The number of alkyl halides is 3. The Morgan fingerprint density at radius 1 is 1.03 bits per heavy atom. The van der Waals surface area contributed by atoms with Gasteiger partial charge in [-0.05, 0) is 41.3 Å². The predicted molar refractivity (Wildman–Crippen MR) is 124 cm³/mol. The SMILES string of the molecule is C=CCn1c(=O)c2c(ncn2Cc2ccc(C(F)(F)F)cc2)n(-c2ccc(C(C)C)cc2)c1=O. The molecule has 34 heavy (non-hydrogen) atoms. The third-order valence-corrected chi connectivity index (χ3v) is 5.66. The van der Waals surface area contributed by atoms with E-state index in [1.54, 1.807) is 12.1 Å². The lowest BCUT2D eigenvalue weighted by Crippen LogP contribution is -2.39. The molecule has 0 atom stereocenters. The molecule has 0 aliphatic heterocycles. The van der Waals surface area contributed by atoms with Crippen LogP contribution in [0.15, 0.2) is 77.1 Å². The summed E-state index contributed by atoms with van der Waals surface area (Å²) in [6.45, 7) is 7.88. The number of hydrogen-bond acceptors (Lipinski definition) is 3. The second kappa shape index (κ2) is 8.81. The van der Waals surface area contributed by atoms with Gasteiger partial charge in [-0.2, -0.15) is 13.2 Å². The van der Waals surface area contributed by atoms with Gasteiger partial charge in [-0.15, -0.1) is 6.58 Å². The van der Waals surface area contributed by atoms with Crippen LogP contribution in [0.4, 0.5) is 13.2 Å². The summed E-state index contributed by atoms with van der Waals surface area (Å²) < 4.78 is 42.6. The van der Waals surface area contributed by atoms with Gasteiger partial charge in [-0.3, -0.25) is 9.36 Å². The van der Waals surface area contributed by atoms with Crippen LogP contribution in [0.25, 0.3) is 16.9 Å². The maximum Gasteiger partial charge on any atom is 0.416 e. The standard InChI is InChI=1S/C25H23F3N4O2/c1-4-13-31-23(33)21-22(32(24(31)34)20-11-7-18(8-12-20)16(2)3)29-15-30(21)14-17-5-9-19(10-6-17)25(26,27)28/h4-12,15-16H,1,13-14H2,2-3H3. The monoisotopic (exact) mass is 468 g/mol. The summed E-state index contributed by atoms with van der Waals surface area (Å²) in [5.74, 6) is 0.309. The molecular formula is C25H23F3N4O2. The number of halogens is 3. The number of hydrogen-bond donors (Lipinski definition) is 0. The van der Waals surface area contributed by atoms with Gasteiger partial charge >= 0.3 is 11.9 Å². The van der Waals surface area contributed by atoms with E-state index >= 15 is 0 Å². The van der Waals surface area contributed by atoms with Crippen LogP contribution in [0.5, 0.6) is 0 Å². The average Bonchev–Trinajstić information content (AvgIpc) is 3.20. The lowest BCUT2D eigenvalue weighted by molar-refractivity contribution is -0.137. The van der Waals surface area contributed by atoms with Crippen molar-refractivity contribution in [1.82, 2.24) is 18.7 Å². The Morgan fingerprint density at radius 2 is 1.68 bits per heavy atom. The van der Waals surface area contributed by atoms with Crippen molar-refractivity contribution >= 4 is 11.2 Å². The zero-order valence-corrected chi connectivity index (χ0v) is 18.7. The van der Waals surface area contributed by atoms with Gasteiger partial charge in [0.25, 0.3) is 5.56 Å². The van der Waals surface area contributed by atoms with Crippen LogP contribution in [-0.2, 0) is 19.3 Å². The molecule has 4 rings (SSSR count). The van der Waals surface area contributed by atoms with E-state index in [0.717, 1.165) is 22.3 Å². The van der Waals surface area contributed by atoms with Crippen LogP contribution < -0.4 is 11.2 Å². The van der Waals surface area contributed by atoms with Crippen molar-refractivity contribution < 1.29 is 13.2 Å². The fourth-order valence-corrected chi connectivity index (χ4v) is 3.83. The molecule has 0 radical (unpaired) electrons. The molecule has 0 saturated heterocycles. The highest BCUT2D eigenvalue weighted by molar-refractivity contribution is 5.72. The van der Waals surface area contributed by atoms with Crippen LogP contribution in [0, 0.1) is 0 Å². The fourth-order valence-electron chi connectivity index (χ4n) is 3.83. The second-order valence-corrected chi connectivity index (χ2v) is 8.31. The van der Waals surface area contributed by atoms with E-state index < -0.39 is 23.0 Å². The van der Waals surface area contributed by atoms with Crippen molar-refractivity contribution in [1.29, 1.82) is 0 Å². The highest BCUT2D eigenvalue weighted by Gasteiger charge is 2.30. The van der Waals surface area contributed by atoms with Crippen LogP contribution in [0.3, 0.4) is 0 Å². The quantitative estimate of drug-likeness (QED) is 0.385. The number of imidazole rings is 1. The minimum absolute atomic E-state index is 0.00312. The Balaban J connectivity index is 1.87. The molecule has 0 aliphatic rings. The molecule has 0 saturated carbocycles. The maximum atomic E-state index is 13.2. The number of rotatable bonds is 6. The zero-order valence-electron chi connectivity index (χ0n) is 18.7. The fraction of sp³-hybridized carbons (Fsp3) is 0.240. The number of allylic oxidation sites excluding steroid dienone is 1. The summed E-state index contributed by atoms with van der Waals surface area (Å²) in [7, 11) is 0. The Kier molecular flexibility index (Phi) is 6.03. The third-order valence-electron chi connectivity index (χ3n) is 5.66. The van der Waals surface area contributed by atoms with E-state index in [-0.39, 0.29) is 24.3 Å². The molecule has 0 unspecified atom stereocenters. The number of benzene rings is 2. The van der Waals surface area contributed by atoms with Crippen molar-refractivity contribution in [3.8, 4) is 5.69 Å². The number of aromatic nitrogens is 4. The van der Waals surface area contributed by atoms with E-state index in [4.69, 9.17) is 0 Å². The van der Waals surface area contributed by atoms with Gasteiger partial charge < -0.3 is 4.57 Å². The molecule has 0 aliphatic carbocycles.